The van der Waals surface area contributed by atoms with Gasteiger partial charge in [0.05, 0.1) is 22.9 Å². The van der Waals surface area contributed by atoms with Crippen LogP contribution in [0.25, 0.3) is 16.7 Å². The summed E-state index contributed by atoms with van der Waals surface area (Å²) in [6.07, 6.45) is 2.86. The Morgan fingerprint density at radius 1 is 1.06 bits per heavy atom. The summed E-state index contributed by atoms with van der Waals surface area (Å²) >= 11 is 0. The van der Waals surface area contributed by atoms with Crippen molar-refractivity contribution >= 4 is 22.6 Å². The summed E-state index contributed by atoms with van der Waals surface area (Å²) in [5, 5.41) is 10.8. The Bertz CT molecular complexity index is 1290. The molecule has 1 aromatic carbocycles. The molecule has 0 bridgehead atoms. The van der Waals surface area contributed by atoms with Gasteiger partial charge in [-0.3, -0.25) is 14.2 Å². The molecule has 2 N–H and O–H groups in total. The lowest BCUT2D eigenvalue weighted by atomic mass is 10.2. The number of amides is 1. The summed E-state index contributed by atoms with van der Waals surface area (Å²) in [7, 11) is 0. The molecule has 0 aliphatic heterocycles. The molecule has 0 unspecified atom stereocenters. The van der Waals surface area contributed by atoms with Crippen LogP contribution >= 0.6 is 0 Å². The van der Waals surface area contributed by atoms with E-state index in [0.29, 0.717) is 35.6 Å². The fraction of sp³-hybridized carbons (Fsp3) is 0.238. The Hall–Kier alpha value is -4.08. The predicted molar refractivity (Wildman–Crippen MR) is 116 cm³/mol. The largest absolute Gasteiger partial charge is 0.368 e. The van der Waals surface area contributed by atoms with E-state index in [-0.39, 0.29) is 18.0 Å². The zero-order valence-corrected chi connectivity index (χ0v) is 17.2. The van der Waals surface area contributed by atoms with Crippen molar-refractivity contribution < 1.29 is 4.79 Å². The number of carbonyl (C=O) groups is 1. The maximum atomic E-state index is 12.5. The smallest absolute Gasteiger partial charge is 0.261 e. The number of hydrogen-bond acceptors (Lipinski definition) is 7. The van der Waals surface area contributed by atoms with Crippen molar-refractivity contribution in [2.45, 2.75) is 20.4 Å². The van der Waals surface area contributed by atoms with Gasteiger partial charge in [0.15, 0.2) is 5.82 Å². The van der Waals surface area contributed by atoms with Crippen molar-refractivity contribution in [1.82, 2.24) is 34.6 Å². The summed E-state index contributed by atoms with van der Waals surface area (Å²) in [5.41, 5.74) is 2.26. The molecule has 0 radical (unpaired) electrons. The normalized spacial score (nSPS) is 10.9. The van der Waals surface area contributed by atoms with Crippen LogP contribution in [-0.4, -0.2) is 48.3 Å². The Labute approximate surface area is 178 Å². The highest BCUT2D eigenvalue weighted by atomic mass is 16.2. The van der Waals surface area contributed by atoms with E-state index in [1.54, 1.807) is 28.9 Å². The fourth-order valence-electron chi connectivity index (χ4n) is 3.24. The van der Waals surface area contributed by atoms with Crippen molar-refractivity contribution in [2.75, 3.05) is 18.4 Å². The molecule has 0 aliphatic carbocycles. The Kier molecular flexibility index (Phi) is 5.69. The Morgan fingerprint density at radius 2 is 1.90 bits per heavy atom. The highest BCUT2D eigenvalue weighted by Gasteiger charge is 2.08. The molecule has 3 heterocycles. The molecular weight excluding hydrogens is 396 g/mol. The number of aromatic nitrogens is 6. The van der Waals surface area contributed by atoms with Crippen LogP contribution in [0.1, 0.15) is 11.4 Å². The summed E-state index contributed by atoms with van der Waals surface area (Å²) in [5.74, 6) is 1.02. The van der Waals surface area contributed by atoms with E-state index in [1.807, 2.05) is 26.0 Å². The van der Waals surface area contributed by atoms with Gasteiger partial charge in [-0.15, -0.1) is 0 Å². The minimum atomic E-state index is -0.271. The third kappa shape index (κ3) is 4.58. The average molecular weight is 418 g/mol. The summed E-state index contributed by atoms with van der Waals surface area (Å²) in [4.78, 5) is 37.4. The number of anilines is 1. The van der Waals surface area contributed by atoms with Gasteiger partial charge in [-0.1, -0.05) is 12.1 Å². The second-order valence-electron chi connectivity index (χ2n) is 7.07. The number of carbonyl (C=O) groups excluding carboxylic acids is 1. The van der Waals surface area contributed by atoms with Gasteiger partial charge in [0, 0.05) is 24.8 Å². The first-order chi connectivity index (χ1) is 15.0. The monoisotopic (exact) mass is 418 g/mol. The minimum absolute atomic E-state index is 0.0910. The molecule has 0 saturated carbocycles. The molecule has 4 rings (SSSR count). The van der Waals surface area contributed by atoms with E-state index in [9.17, 15) is 9.59 Å². The Balaban J connectivity index is 1.31. The van der Waals surface area contributed by atoms with Crippen molar-refractivity contribution in [3.05, 3.63) is 70.8 Å². The lowest BCUT2D eigenvalue weighted by Crippen LogP contribution is -2.35. The standard InChI is InChI=1S/C21H22N8O2/c1-14-9-15(2)29(27-14)19-10-18(24-12-25-19)22-7-8-23-20(30)11-28-13-26-17-6-4-3-5-16(17)21(28)31/h3-6,9-10,12-13H,7-8,11H2,1-2H3,(H,23,30)(H,22,24,25). The Morgan fingerprint density at radius 3 is 2.71 bits per heavy atom. The van der Waals surface area contributed by atoms with E-state index >= 15 is 0 Å². The molecule has 4 aromatic rings. The molecular formula is C21H22N8O2. The van der Waals surface area contributed by atoms with Gasteiger partial charge in [-0.2, -0.15) is 5.10 Å². The third-order valence-electron chi connectivity index (χ3n) is 4.68. The van der Waals surface area contributed by atoms with E-state index < -0.39 is 0 Å². The molecule has 10 nitrogen and oxygen atoms in total. The van der Waals surface area contributed by atoms with Gasteiger partial charge in [0.2, 0.25) is 5.91 Å². The number of nitrogens with one attached hydrogen (secondary N) is 2. The SMILES string of the molecule is Cc1cc(C)n(-c2cc(NCCNC(=O)Cn3cnc4ccccc4c3=O)ncn2)n1. The number of nitrogens with zero attached hydrogens (tertiary/aromatic N) is 6. The van der Waals surface area contributed by atoms with Crippen LogP contribution in [0.4, 0.5) is 5.82 Å². The van der Waals surface area contributed by atoms with Gasteiger partial charge in [0.25, 0.3) is 5.56 Å². The third-order valence-corrected chi connectivity index (χ3v) is 4.68. The fourth-order valence-corrected chi connectivity index (χ4v) is 3.24. The van der Waals surface area contributed by atoms with Crippen LogP contribution in [0.2, 0.25) is 0 Å². The molecule has 158 valence electrons. The van der Waals surface area contributed by atoms with E-state index in [4.69, 9.17) is 0 Å². The second-order valence-corrected chi connectivity index (χ2v) is 7.07. The minimum Gasteiger partial charge on any atom is -0.368 e. The molecule has 0 spiro atoms. The summed E-state index contributed by atoms with van der Waals surface area (Å²) in [6, 6.07) is 10.8. The van der Waals surface area contributed by atoms with Crippen LogP contribution < -0.4 is 16.2 Å². The van der Waals surface area contributed by atoms with Crippen molar-refractivity contribution in [1.29, 1.82) is 0 Å². The van der Waals surface area contributed by atoms with E-state index in [2.05, 4.69) is 30.7 Å². The van der Waals surface area contributed by atoms with Crippen LogP contribution in [0, 0.1) is 13.8 Å². The number of benzene rings is 1. The lowest BCUT2D eigenvalue weighted by molar-refractivity contribution is -0.121. The number of fused-ring (bicyclic) bond motifs is 1. The quantitative estimate of drug-likeness (QED) is 0.433. The zero-order chi connectivity index (χ0) is 21.8. The lowest BCUT2D eigenvalue weighted by Gasteiger charge is -2.10. The van der Waals surface area contributed by atoms with Crippen LogP contribution in [-0.2, 0) is 11.3 Å². The summed E-state index contributed by atoms with van der Waals surface area (Å²) < 4.78 is 3.05. The topological polar surface area (TPSA) is 120 Å². The van der Waals surface area contributed by atoms with Crippen molar-refractivity contribution in [3.8, 4) is 5.82 Å². The highest BCUT2D eigenvalue weighted by molar-refractivity contribution is 5.78. The molecule has 0 saturated heterocycles. The maximum Gasteiger partial charge on any atom is 0.261 e. The molecule has 10 heteroatoms. The molecule has 1 amide bonds. The first-order valence-electron chi connectivity index (χ1n) is 9.82. The van der Waals surface area contributed by atoms with E-state index in [1.165, 1.54) is 17.2 Å². The van der Waals surface area contributed by atoms with Gasteiger partial charge in [-0.05, 0) is 32.0 Å². The van der Waals surface area contributed by atoms with Crippen molar-refractivity contribution in [3.63, 3.8) is 0 Å². The maximum absolute atomic E-state index is 12.5. The van der Waals surface area contributed by atoms with Gasteiger partial charge in [-0.25, -0.2) is 19.6 Å². The predicted octanol–water partition coefficient (Wildman–Crippen LogP) is 1.22. The van der Waals surface area contributed by atoms with Gasteiger partial charge in [0.1, 0.15) is 18.7 Å². The molecule has 3 aromatic heterocycles. The van der Waals surface area contributed by atoms with E-state index in [0.717, 1.165) is 11.4 Å². The zero-order valence-electron chi connectivity index (χ0n) is 17.2. The summed E-state index contributed by atoms with van der Waals surface area (Å²) in [6.45, 7) is 4.63. The molecule has 0 aliphatic rings. The number of rotatable bonds is 7. The van der Waals surface area contributed by atoms with Crippen LogP contribution in [0.15, 0.2) is 53.8 Å². The first kappa shape index (κ1) is 20.2. The number of hydrogen-bond donors (Lipinski definition) is 2. The molecule has 0 atom stereocenters. The van der Waals surface area contributed by atoms with Crippen LogP contribution in [0.3, 0.4) is 0 Å². The van der Waals surface area contributed by atoms with Gasteiger partial charge < -0.3 is 10.6 Å². The van der Waals surface area contributed by atoms with Crippen molar-refractivity contribution in [2.24, 2.45) is 0 Å². The number of para-hydroxylation sites is 1. The highest BCUT2D eigenvalue weighted by Crippen LogP contribution is 2.12. The van der Waals surface area contributed by atoms with Crippen LogP contribution in [0.5, 0.6) is 0 Å². The number of aryl methyl sites for hydroxylation is 2. The molecule has 0 fully saturated rings. The first-order valence-corrected chi connectivity index (χ1v) is 9.82. The second kappa shape index (κ2) is 8.74. The average Bonchev–Trinajstić information content (AvgIpc) is 3.11. The van der Waals surface area contributed by atoms with Gasteiger partial charge >= 0.3 is 0 Å². The molecule has 31 heavy (non-hydrogen) atoms.